The van der Waals surface area contributed by atoms with Crippen molar-refractivity contribution in [3.05, 3.63) is 59.1 Å². The number of aromatic amines is 1. The lowest BCUT2D eigenvalue weighted by Crippen LogP contribution is -2.46. The van der Waals surface area contributed by atoms with Crippen LogP contribution in [-0.2, 0) is 13.0 Å². The van der Waals surface area contributed by atoms with Crippen molar-refractivity contribution in [1.29, 1.82) is 0 Å². The molecular formula is C26H28Br2ClN5O3. The Labute approximate surface area is 240 Å². The molecule has 4 aromatic rings. The molecule has 0 unspecified atom stereocenters. The van der Waals surface area contributed by atoms with Gasteiger partial charge in [-0.1, -0.05) is 11.6 Å². The molecule has 0 amide bonds. The molecule has 1 saturated heterocycles. The number of hydrogen-bond donors (Lipinski definition) is 1. The minimum atomic E-state index is -0.275. The van der Waals surface area contributed by atoms with Crippen LogP contribution in [0.5, 0.6) is 11.5 Å². The van der Waals surface area contributed by atoms with Gasteiger partial charge in [0.25, 0.3) is 0 Å². The number of aromatic nitrogens is 4. The summed E-state index contributed by atoms with van der Waals surface area (Å²) in [6, 6.07) is 8.18. The average molecular weight is 654 g/mol. The average Bonchev–Trinajstić information content (AvgIpc) is 3.48. The Balaban J connectivity index is 0.00000160. The topological polar surface area (TPSA) is 85.3 Å². The summed E-state index contributed by atoms with van der Waals surface area (Å²) >= 11 is 6.27. The van der Waals surface area contributed by atoms with Crippen LogP contribution in [0, 0.1) is 5.92 Å². The van der Waals surface area contributed by atoms with E-state index in [9.17, 15) is 4.79 Å². The number of carbonyl (C=O) groups is 1. The Bertz CT molecular complexity index is 1440. The second kappa shape index (κ2) is 11.1. The first kappa shape index (κ1) is 27.6. The highest BCUT2D eigenvalue weighted by Crippen LogP contribution is 2.35. The molecule has 1 fully saturated rings. The molecular weight excluding hydrogens is 626 g/mol. The molecule has 0 aliphatic carbocycles. The smallest absolute Gasteiger partial charge is 0.171 e. The second-order valence-corrected chi connectivity index (χ2v) is 9.73. The molecule has 0 saturated carbocycles. The fourth-order valence-corrected chi connectivity index (χ4v) is 5.24. The first-order chi connectivity index (χ1) is 17.0. The number of hydrogen-bond acceptors (Lipinski definition) is 6. The van der Waals surface area contributed by atoms with Gasteiger partial charge in [0.15, 0.2) is 5.78 Å². The Kier molecular flexibility index (Phi) is 8.32. The lowest BCUT2D eigenvalue weighted by atomic mass is 9.89. The van der Waals surface area contributed by atoms with Crippen LogP contribution < -0.4 is 9.47 Å². The van der Waals surface area contributed by atoms with Gasteiger partial charge in [0, 0.05) is 35.9 Å². The predicted octanol–water partition coefficient (Wildman–Crippen LogP) is 5.38. The highest BCUT2D eigenvalue weighted by molar-refractivity contribution is 8.93. The van der Waals surface area contributed by atoms with Gasteiger partial charge in [-0.05, 0) is 56.3 Å². The van der Waals surface area contributed by atoms with E-state index < -0.39 is 0 Å². The van der Waals surface area contributed by atoms with Gasteiger partial charge >= 0.3 is 0 Å². The minimum absolute atomic E-state index is 0. The van der Waals surface area contributed by atoms with E-state index in [0.29, 0.717) is 29.8 Å². The van der Waals surface area contributed by atoms with E-state index in [0.717, 1.165) is 58.7 Å². The van der Waals surface area contributed by atoms with Crippen molar-refractivity contribution in [2.75, 3.05) is 27.3 Å². The quantitative estimate of drug-likeness (QED) is 0.282. The zero-order chi connectivity index (χ0) is 24.1. The van der Waals surface area contributed by atoms with Gasteiger partial charge in [0.2, 0.25) is 0 Å². The van der Waals surface area contributed by atoms with Crippen LogP contribution in [0.3, 0.4) is 0 Å². The van der Waals surface area contributed by atoms with Gasteiger partial charge < -0.3 is 18.9 Å². The van der Waals surface area contributed by atoms with Gasteiger partial charge in [0.05, 0.1) is 42.6 Å². The Hall–Kier alpha value is -2.40. The largest absolute Gasteiger partial charge is 0.497 e. The highest BCUT2D eigenvalue weighted by atomic mass is 79.9. The number of nitrogens with one attached hydrogen (secondary N) is 1. The summed E-state index contributed by atoms with van der Waals surface area (Å²) in [7, 11) is 3.77. The predicted molar refractivity (Wildman–Crippen MR) is 154 cm³/mol. The molecule has 1 N–H and O–H groups in total. The van der Waals surface area contributed by atoms with Crippen molar-refractivity contribution in [1.82, 2.24) is 24.6 Å². The fourth-order valence-electron chi connectivity index (χ4n) is 5.04. The van der Waals surface area contributed by atoms with Crippen molar-refractivity contribution in [2.45, 2.75) is 25.4 Å². The minimum Gasteiger partial charge on any atom is -0.497 e. The number of likely N-dealkylation sites (tertiary alicyclic amines) is 1. The molecule has 0 spiro atoms. The standard InChI is InChI=1S/C26H26ClN5O3.2BrH/c1-31-6-5-17(31)12-32-13-21(19-10-28-22(9-23(19)32)20-11-29-30-26(20)27)25(33)16-7-15-8-18(34-2)3-4-24(15)35-14-16;;/h3-4,8-11,13,16-17H,5-7,12,14H2,1-2H3,(H,29,30);2*1H/t16-,17-;;/m0../s1. The molecule has 196 valence electrons. The SMILES string of the molecule is Br.Br.COc1ccc2c(c1)C[C@H](C(=O)c1cn(C[C@@H]3CCN3C)c3cc(-c4cn[nH]c4Cl)ncc13)CO2. The number of rotatable bonds is 6. The number of ketones is 1. The molecule has 11 heteroatoms. The molecule has 37 heavy (non-hydrogen) atoms. The van der Waals surface area contributed by atoms with Crippen LogP contribution in [0.2, 0.25) is 5.15 Å². The van der Waals surface area contributed by atoms with Crippen LogP contribution in [0.25, 0.3) is 22.2 Å². The molecule has 5 heterocycles. The molecule has 2 aliphatic heterocycles. The Morgan fingerprint density at radius 2 is 2.11 bits per heavy atom. The van der Waals surface area contributed by atoms with Crippen molar-refractivity contribution in [2.24, 2.45) is 5.92 Å². The molecule has 2 atom stereocenters. The summed E-state index contributed by atoms with van der Waals surface area (Å²) in [4.78, 5) is 20.8. The van der Waals surface area contributed by atoms with Crippen LogP contribution in [0.15, 0.2) is 42.9 Å². The lowest BCUT2D eigenvalue weighted by molar-refractivity contribution is 0.0855. The molecule has 2 aliphatic rings. The first-order valence-electron chi connectivity index (χ1n) is 11.7. The maximum Gasteiger partial charge on any atom is 0.171 e. The number of benzene rings is 1. The van der Waals surface area contributed by atoms with E-state index in [1.165, 1.54) is 0 Å². The fraction of sp³-hybridized carbons (Fsp3) is 0.346. The number of carbonyl (C=O) groups excluding carboxylic acids is 1. The third-order valence-electron chi connectivity index (χ3n) is 7.29. The van der Waals surface area contributed by atoms with Crippen molar-refractivity contribution in [3.63, 3.8) is 0 Å². The molecule has 8 nitrogen and oxygen atoms in total. The maximum absolute atomic E-state index is 13.8. The molecule has 1 aromatic carbocycles. The monoisotopic (exact) mass is 651 g/mol. The van der Waals surface area contributed by atoms with Gasteiger partial charge in [-0.3, -0.25) is 14.9 Å². The zero-order valence-electron chi connectivity index (χ0n) is 20.4. The van der Waals surface area contributed by atoms with Crippen molar-refractivity contribution < 1.29 is 14.3 Å². The third kappa shape index (κ3) is 5.04. The summed E-state index contributed by atoms with van der Waals surface area (Å²) in [6.07, 6.45) is 7.19. The zero-order valence-corrected chi connectivity index (χ0v) is 24.6. The molecule has 6 rings (SSSR count). The lowest BCUT2D eigenvalue weighted by Gasteiger charge is -2.38. The summed E-state index contributed by atoms with van der Waals surface area (Å²) in [5.41, 5.74) is 4.09. The first-order valence-corrected chi connectivity index (χ1v) is 12.1. The number of halogens is 3. The van der Waals surface area contributed by atoms with Gasteiger partial charge in [0.1, 0.15) is 16.7 Å². The van der Waals surface area contributed by atoms with E-state index in [4.69, 9.17) is 21.1 Å². The number of likely N-dealkylation sites (N-methyl/N-ethyl adjacent to an activating group) is 1. The van der Waals surface area contributed by atoms with E-state index in [2.05, 4.69) is 31.7 Å². The number of Topliss-reactive ketones (excluding diaryl/α,β-unsaturated/α-hetero) is 1. The molecule has 0 bridgehead atoms. The normalized spacial score (nSPS) is 18.7. The van der Waals surface area contributed by atoms with E-state index in [1.807, 2.05) is 30.5 Å². The van der Waals surface area contributed by atoms with Gasteiger partial charge in [-0.15, -0.1) is 34.0 Å². The number of ether oxygens (including phenoxy) is 2. The molecule has 3 aromatic heterocycles. The Morgan fingerprint density at radius 3 is 2.78 bits per heavy atom. The number of fused-ring (bicyclic) bond motifs is 2. The number of nitrogens with zero attached hydrogens (tertiary/aromatic N) is 4. The van der Waals surface area contributed by atoms with E-state index in [1.54, 1.807) is 19.5 Å². The Morgan fingerprint density at radius 1 is 1.27 bits per heavy atom. The van der Waals surface area contributed by atoms with Crippen LogP contribution in [0.4, 0.5) is 0 Å². The van der Waals surface area contributed by atoms with Crippen LogP contribution in [0.1, 0.15) is 22.3 Å². The summed E-state index contributed by atoms with van der Waals surface area (Å²) in [5.74, 6) is 1.37. The number of methoxy groups -OCH3 is 1. The van der Waals surface area contributed by atoms with Crippen molar-refractivity contribution >= 4 is 62.3 Å². The van der Waals surface area contributed by atoms with Crippen molar-refractivity contribution in [3.8, 4) is 22.8 Å². The van der Waals surface area contributed by atoms with E-state index in [-0.39, 0.29) is 45.7 Å². The van der Waals surface area contributed by atoms with E-state index >= 15 is 0 Å². The summed E-state index contributed by atoms with van der Waals surface area (Å²) in [5, 5.41) is 8.06. The highest BCUT2D eigenvalue weighted by Gasteiger charge is 2.31. The van der Waals surface area contributed by atoms with Gasteiger partial charge in [-0.25, -0.2) is 0 Å². The number of H-pyrrole nitrogens is 1. The third-order valence-corrected chi connectivity index (χ3v) is 7.58. The second-order valence-electron chi connectivity index (χ2n) is 9.35. The molecule has 0 radical (unpaired) electrons. The maximum atomic E-state index is 13.8. The van der Waals surface area contributed by atoms with Gasteiger partial charge in [-0.2, -0.15) is 5.10 Å². The summed E-state index contributed by atoms with van der Waals surface area (Å²) < 4.78 is 13.5. The summed E-state index contributed by atoms with van der Waals surface area (Å²) in [6.45, 7) is 2.26. The van der Waals surface area contributed by atoms with Crippen LogP contribution >= 0.6 is 45.6 Å². The number of pyridine rings is 1. The van der Waals surface area contributed by atoms with Crippen LogP contribution in [-0.4, -0.2) is 63.8 Å².